The molecule has 0 amide bonds. The fourth-order valence-corrected chi connectivity index (χ4v) is 1.53. The molecule has 0 radical (unpaired) electrons. The summed E-state index contributed by atoms with van der Waals surface area (Å²) in [5.74, 6) is -0.0548. The number of carbonyl (C=O) groups is 1. The molecule has 3 heteroatoms. The van der Waals surface area contributed by atoms with E-state index in [1.54, 1.807) is 12.3 Å². The number of Topliss-reactive ketones (excluding diaryl/α,β-unsaturated/α-hetero) is 1. The van der Waals surface area contributed by atoms with Crippen molar-refractivity contribution in [1.29, 1.82) is 0 Å². The van der Waals surface area contributed by atoms with Gasteiger partial charge in [0.2, 0.25) is 0 Å². The van der Waals surface area contributed by atoms with E-state index in [1.807, 2.05) is 19.1 Å². The van der Waals surface area contributed by atoms with E-state index in [0.717, 1.165) is 16.5 Å². The van der Waals surface area contributed by atoms with Gasteiger partial charge in [-0.05, 0) is 30.7 Å². The first-order valence-electron chi connectivity index (χ1n) is 4.43. The van der Waals surface area contributed by atoms with Crippen molar-refractivity contribution in [2.24, 2.45) is 5.73 Å². The smallest absolute Gasteiger partial charge is 0.176 e. The number of aryl methyl sites for hydroxylation is 1. The lowest BCUT2D eigenvalue weighted by atomic mass is 10.0. The van der Waals surface area contributed by atoms with E-state index in [4.69, 9.17) is 10.2 Å². The van der Waals surface area contributed by atoms with Gasteiger partial charge in [0.05, 0.1) is 12.8 Å². The summed E-state index contributed by atoms with van der Waals surface area (Å²) in [6.45, 7) is 1.93. The third-order valence-electron chi connectivity index (χ3n) is 2.29. The Kier molecular flexibility index (Phi) is 2.09. The van der Waals surface area contributed by atoms with Crippen molar-refractivity contribution in [3.05, 3.63) is 35.6 Å². The van der Waals surface area contributed by atoms with Crippen LogP contribution in [0.5, 0.6) is 0 Å². The van der Waals surface area contributed by atoms with Crippen molar-refractivity contribution < 1.29 is 9.21 Å². The van der Waals surface area contributed by atoms with Gasteiger partial charge < -0.3 is 10.2 Å². The van der Waals surface area contributed by atoms with E-state index in [9.17, 15) is 4.79 Å². The number of hydrogen-bond donors (Lipinski definition) is 1. The molecule has 0 spiro atoms. The SMILES string of the molecule is Cc1cc2ccoc2cc1C(=O)CN. The summed E-state index contributed by atoms with van der Waals surface area (Å²) in [6.07, 6.45) is 1.61. The number of hydrogen-bond acceptors (Lipinski definition) is 3. The fraction of sp³-hybridized carbons (Fsp3) is 0.182. The number of benzene rings is 1. The van der Waals surface area contributed by atoms with Crippen LogP contribution in [-0.2, 0) is 0 Å². The maximum Gasteiger partial charge on any atom is 0.176 e. The van der Waals surface area contributed by atoms with Crippen molar-refractivity contribution in [1.82, 2.24) is 0 Å². The highest BCUT2D eigenvalue weighted by Crippen LogP contribution is 2.20. The second-order valence-electron chi connectivity index (χ2n) is 3.25. The normalized spacial score (nSPS) is 10.7. The Morgan fingerprint density at radius 3 is 3.00 bits per heavy atom. The molecule has 0 atom stereocenters. The van der Waals surface area contributed by atoms with Gasteiger partial charge in [-0.15, -0.1) is 0 Å². The van der Waals surface area contributed by atoms with Crippen LogP contribution in [0.2, 0.25) is 0 Å². The van der Waals surface area contributed by atoms with Gasteiger partial charge in [-0.1, -0.05) is 0 Å². The lowest BCUT2D eigenvalue weighted by Crippen LogP contribution is -2.14. The molecule has 0 aliphatic carbocycles. The van der Waals surface area contributed by atoms with Gasteiger partial charge in [-0.3, -0.25) is 4.79 Å². The van der Waals surface area contributed by atoms with Gasteiger partial charge in [-0.2, -0.15) is 0 Å². The highest BCUT2D eigenvalue weighted by molar-refractivity contribution is 6.01. The standard InChI is InChI=1S/C11H11NO2/c1-7-4-8-2-3-14-11(8)5-9(7)10(13)6-12/h2-5H,6,12H2,1H3. The summed E-state index contributed by atoms with van der Waals surface area (Å²) in [5.41, 5.74) is 7.63. The van der Waals surface area contributed by atoms with Crippen LogP contribution in [0.25, 0.3) is 11.0 Å². The van der Waals surface area contributed by atoms with Crippen LogP contribution in [0.1, 0.15) is 15.9 Å². The fourth-order valence-electron chi connectivity index (χ4n) is 1.53. The Balaban J connectivity index is 2.64. The quantitative estimate of drug-likeness (QED) is 0.734. The third-order valence-corrected chi connectivity index (χ3v) is 2.29. The zero-order chi connectivity index (χ0) is 10.1. The number of furan rings is 1. The molecule has 1 aromatic heterocycles. The van der Waals surface area contributed by atoms with Crippen LogP contribution >= 0.6 is 0 Å². The van der Waals surface area contributed by atoms with E-state index in [1.165, 1.54) is 0 Å². The van der Waals surface area contributed by atoms with Crippen LogP contribution in [0.3, 0.4) is 0 Å². The van der Waals surface area contributed by atoms with Crippen molar-refractivity contribution >= 4 is 16.8 Å². The zero-order valence-corrected chi connectivity index (χ0v) is 7.91. The van der Waals surface area contributed by atoms with Crippen molar-refractivity contribution in [3.63, 3.8) is 0 Å². The van der Waals surface area contributed by atoms with E-state index >= 15 is 0 Å². The number of ketones is 1. The molecule has 14 heavy (non-hydrogen) atoms. The first-order valence-corrected chi connectivity index (χ1v) is 4.43. The van der Waals surface area contributed by atoms with Gasteiger partial charge >= 0.3 is 0 Å². The molecule has 0 unspecified atom stereocenters. The maximum absolute atomic E-state index is 11.4. The molecule has 0 aliphatic heterocycles. The van der Waals surface area contributed by atoms with E-state index in [0.29, 0.717) is 5.56 Å². The number of rotatable bonds is 2. The van der Waals surface area contributed by atoms with Crippen molar-refractivity contribution in [2.45, 2.75) is 6.92 Å². The zero-order valence-electron chi connectivity index (χ0n) is 7.91. The number of nitrogens with two attached hydrogens (primary N) is 1. The van der Waals surface area contributed by atoms with Crippen LogP contribution in [0, 0.1) is 6.92 Å². The molecule has 72 valence electrons. The van der Waals surface area contributed by atoms with Gasteiger partial charge in [0.1, 0.15) is 5.58 Å². The number of fused-ring (bicyclic) bond motifs is 1. The van der Waals surface area contributed by atoms with Crippen LogP contribution in [0.4, 0.5) is 0 Å². The van der Waals surface area contributed by atoms with E-state index in [2.05, 4.69) is 0 Å². The van der Waals surface area contributed by atoms with Gasteiger partial charge in [-0.25, -0.2) is 0 Å². The second-order valence-corrected chi connectivity index (χ2v) is 3.25. The molecule has 0 aliphatic rings. The Morgan fingerprint density at radius 1 is 1.50 bits per heavy atom. The highest BCUT2D eigenvalue weighted by Gasteiger charge is 2.09. The minimum atomic E-state index is -0.0548. The van der Waals surface area contributed by atoms with Crippen LogP contribution in [-0.4, -0.2) is 12.3 Å². The van der Waals surface area contributed by atoms with Crippen molar-refractivity contribution in [2.75, 3.05) is 6.54 Å². The molecule has 2 rings (SSSR count). The first kappa shape index (κ1) is 8.97. The summed E-state index contributed by atoms with van der Waals surface area (Å²) in [7, 11) is 0. The Hall–Kier alpha value is -1.61. The largest absolute Gasteiger partial charge is 0.464 e. The predicted molar refractivity (Wildman–Crippen MR) is 54.3 cm³/mol. The predicted octanol–water partition coefficient (Wildman–Crippen LogP) is 1.88. The lowest BCUT2D eigenvalue weighted by molar-refractivity contribution is 0.100. The van der Waals surface area contributed by atoms with Crippen LogP contribution < -0.4 is 5.73 Å². The molecule has 0 fully saturated rings. The highest BCUT2D eigenvalue weighted by atomic mass is 16.3. The molecule has 3 nitrogen and oxygen atoms in total. The lowest BCUT2D eigenvalue weighted by Gasteiger charge is -2.02. The summed E-state index contributed by atoms with van der Waals surface area (Å²) in [4.78, 5) is 11.4. The van der Waals surface area contributed by atoms with Gasteiger partial charge in [0.15, 0.2) is 5.78 Å². The monoisotopic (exact) mass is 189 g/mol. The molecule has 0 saturated carbocycles. The Bertz CT molecular complexity index is 485. The average molecular weight is 189 g/mol. The molecule has 1 heterocycles. The van der Waals surface area contributed by atoms with Crippen LogP contribution in [0.15, 0.2) is 28.9 Å². The molecule has 2 aromatic rings. The maximum atomic E-state index is 11.4. The van der Waals surface area contributed by atoms with Gasteiger partial charge in [0, 0.05) is 10.9 Å². The molecular formula is C11H11NO2. The molecular weight excluding hydrogens is 178 g/mol. The minimum absolute atomic E-state index is 0.0348. The summed E-state index contributed by atoms with van der Waals surface area (Å²) >= 11 is 0. The number of carbonyl (C=O) groups excluding carboxylic acids is 1. The minimum Gasteiger partial charge on any atom is -0.464 e. The average Bonchev–Trinajstić information content (AvgIpc) is 2.62. The summed E-state index contributed by atoms with van der Waals surface area (Å²) in [5, 5.41) is 1.01. The summed E-state index contributed by atoms with van der Waals surface area (Å²) < 4.78 is 5.22. The molecule has 0 bridgehead atoms. The first-order chi connectivity index (χ1) is 6.72. The van der Waals surface area contributed by atoms with Crippen molar-refractivity contribution in [3.8, 4) is 0 Å². The van der Waals surface area contributed by atoms with E-state index in [-0.39, 0.29) is 12.3 Å². The topological polar surface area (TPSA) is 56.2 Å². The second kappa shape index (κ2) is 3.27. The third kappa shape index (κ3) is 1.32. The Labute approximate surface area is 81.5 Å². The molecule has 1 aromatic carbocycles. The van der Waals surface area contributed by atoms with Gasteiger partial charge in [0.25, 0.3) is 0 Å². The molecule has 0 saturated heterocycles. The Morgan fingerprint density at radius 2 is 2.29 bits per heavy atom. The molecule has 2 N–H and O–H groups in total. The van der Waals surface area contributed by atoms with E-state index < -0.39 is 0 Å². The summed E-state index contributed by atoms with van der Waals surface area (Å²) in [6, 6.07) is 5.56.